The van der Waals surface area contributed by atoms with Gasteiger partial charge in [0.05, 0.1) is 19.2 Å². The van der Waals surface area contributed by atoms with E-state index in [1.165, 1.54) is 32.1 Å². The molecule has 1 aromatic heterocycles. The van der Waals surface area contributed by atoms with Gasteiger partial charge in [-0.3, -0.25) is 9.78 Å². The molecule has 0 N–H and O–H groups in total. The molecular weight excluding hydrogens is 362 g/mol. The number of nitrogens with zero attached hydrogens (tertiary/aromatic N) is 1. The molecule has 0 fully saturated rings. The number of hydrogen-bond acceptors (Lipinski definition) is 3. The fourth-order valence-corrected chi connectivity index (χ4v) is 2.56. The number of unbranched alkanes of at least 4 members (excludes halogenated alkanes) is 5. The van der Waals surface area contributed by atoms with Crippen LogP contribution in [0.4, 0.5) is 0 Å². The summed E-state index contributed by atoms with van der Waals surface area (Å²) in [5.74, 6) is 0.864. The number of ketones is 1. The molecule has 0 aliphatic rings. The summed E-state index contributed by atoms with van der Waals surface area (Å²) in [5.41, 5.74) is 1.50. The van der Waals surface area contributed by atoms with E-state index >= 15 is 0 Å². The predicted molar refractivity (Wildman–Crippen MR) is 97.6 cm³/mol. The van der Waals surface area contributed by atoms with Crippen molar-refractivity contribution in [2.24, 2.45) is 0 Å². The Morgan fingerprint density at radius 2 is 1.68 bits per heavy atom. The van der Waals surface area contributed by atoms with E-state index in [4.69, 9.17) is 4.74 Å². The standard InChI is InChI=1S/C21H27NO2.Cu/c1-2-3-4-5-6-10-15-24-20-14-13-19(22-17-20)16-21(23)18-11-8-7-9-12-18;/h7-9,11-14,17H,2-6,10,15-16H2,1H3;. The molecule has 0 amide bonds. The smallest absolute Gasteiger partial charge is 0.168 e. The summed E-state index contributed by atoms with van der Waals surface area (Å²) in [6.45, 7) is 2.96. The van der Waals surface area contributed by atoms with Crippen molar-refractivity contribution in [2.45, 2.75) is 51.9 Å². The Hall–Kier alpha value is -1.64. The van der Waals surface area contributed by atoms with Crippen LogP contribution in [0.25, 0.3) is 0 Å². The van der Waals surface area contributed by atoms with Crippen LogP contribution >= 0.6 is 0 Å². The molecule has 0 saturated carbocycles. The van der Waals surface area contributed by atoms with Crippen molar-refractivity contribution in [2.75, 3.05) is 6.61 Å². The van der Waals surface area contributed by atoms with Crippen LogP contribution in [-0.2, 0) is 23.5 Å². The Kier molecular flexibility index (Phi) is 10.9. The van der Waals surface area contributed by atoms with E-state index in [2.05, 4.69) is 11.9 Å². The molecule has 0 bridgehead atoms. The van der Waals surface area contributed by atoms with Gasteiger partial charge in [0.2, 0.25) is 0 Å². The minimum absolute atomic E-state index is 0. The number of aromatic nitrogens is 1. The zero-order chi connectivity index (χ0) is 17.0. The minimum Gasteiger partial charge on any atom is -0.492 e. The molecule has 4 heteroatoms. The number of rotatable bonds is 11. The monoisotopic (exact) mass is 388 g/mol. The van der Waals surface area contributed by atoms with Crippen LogP contribution in [0.3, 0.4) is 0 Å². The molecule has 0 unspecified atom stereocenters. The summed E-state index contributed by atoms with van der Waals surface area (Å²) in [7, 11) is 0. The van der Waals surface area contributed by atoms with Crippen molar-refractivity contribution < 1.29 is 26.6 Å². The first-order chi connectivity index (χ1) is 11.8. The topological polar surface area (TPSA) is 39.2 Å². The summed E-state index contributed by atoms with van der Waals surface area (Å²) >= 11 is 0. The van der Waals surface area contributed by atoms with E-state index in [1.807, 2.05) is 42.5 Å². The maximum Gasteiger partial charge on any atom is 0.168 e. The van der Waals surface area contributed by atoms with Crippen LogP contribution in [0, 0.1) is 0 Å². The van der Waals surface area contributed by atoms with Gasteiger partial charge in [0.1, 0.15) is 5.75 Å². The van der Waals surface area contributed by atoms with Gasteiger partial charge in [0.25, 0.3) is 0 Å². The Morgan fingerprint density at radius 1 is 0.960 bits per heavy atom. The number of pyridine rings is 1. The molecule has 139 valence electrons. The second-order valence-corrected chi connectivity index (χ2v) is 6.07. The summed E-state index contributed by atoms with van der Waals surface area (Å²) in [4.78, 5) is 16.5. The zero-order valence-corrected chi connectivity index (χ0v) is 15.8. The summed E-state index contributed by atoms with van der Waals surface area (Å²) < 4.78 is 5.71. The molecule has 25 heavy (non-hydrogen) atoms. The Morgan fingerprint density at radius 3 is 2.36 bits per heavy atom. The number of Topliss-reactive ketones (excluding diaryl/α,β-unsaturated/α-hetero) is 1. The van der Waals surface area contributed by atoms with E-state index in [1.54, 1.807) is 6.20 Å². The van der Waals surface area contributed by atoms with E-state index < -0.39 is 0 Å². The Labute approximate surface area is 161 Å². The quantitative estimate of drug-likeness (QED) is 0.300. The summed E-state index contributed by atoms with van der Waals surface area (Å²) in [6.07, 6.45) is 9.55. The largest absolute Gasteiger partial charge is 0.492 e. The van der Waals surface area contributed by atoms with Crippen LogP contribution in [-0.4, -0.2) is 17.4 Å². The molecule has 2 rings (SSSR count). The van der Waals surface area contributed by atoms with Gasteiger partial charge in [-0.25, -0.2) is 0 Å². The third kappa shape index (κ3) is 8.33. The summed E-state index contributed by atoms with van der Waals surface area (Å²) in [6, 6.07) is 13.1. The first-order valence-corrected chi connectivity index (χ1v) is 8.95. The summed E-state index contributed by atoms with van der Waals surface area (Å²) in [5, 5.41) is 0. The fraction of sp³-hybridized carbons (Fsp3) is 0.429. The van der Waals surface area contributed by atoms with Gasteiger partial charge in [-0.1, -0.05) is 69.4 Å². The first kappa shape index (κ1) is 21.4. The molecular formula is C21H27CuNO2. The predicted octanol–water partition coefficient (Wildman–Crippen LogP) is 5.24. The molecule has 1 heterocycles. The Bertz CT molecular complexity index is 599. The van der Waals surface area contributed by atoms with E-state index in [0.717, 1.165) is 30.0 Å². The van der Waals surface area contributed by atoms with E-state index in [-0.39, 0.29) is 22.9 Å². The maximum absolute atomic E-state index is 12.1. The van der Waals surface area contributed by atoms with Gasteiger partial charge >= 0.3 is 0 Å². The van der Waals surface area contributed by atoms with Crippen molar-refractivity contribution >= 4 is 5.78 Å². The van der Waals surface area contributed by atoms with Crippen molar-refractivity contribution in [1.82, 2.24) is 4.98 Å². The average molecular weight is 389 g/mol. The van der Waals surface area contributed by atoms with Crippen molar-refractivity contribution in [3.8, 4) is 5.75 Å². The van der Waals surface area contributed by atoms with Gasteiger partial charge in [-0.2, -0.15) is 0 Å². The number of benzene rings is 1. The van der Waals surface area contributed by atoms with E-state index in [9.17, 15) is 4.79 Å². The third-order valence-corrected chi connectivity index (χ3v) is 4.00. The average Bonchev–Trinajstić information content (AvgIpc) is 2.63. The first-order valence-electron chi connectivity index (χ1n) is 8.95. The van der Waals surface area contributed by atoms with Crippen molar-refractivity contribution in [3.63, 3.8) is 0 Å². The molecule has 0 atom stereocenters. The van der Waals surface area contributed by atoms with Crippen LogP contribution in [0.5, 0.6) is 5.75 Å². The third-order valence-electron chi connectivity index (χ3n) is 4.00. The molecule has 0 saturated heterocycles. The van der Waals surface area contributed by atoms with Gasteiger partial charge in [-0.05, 0) is 18.6 Å². The van der Waals surface area contributed by atoms with Crippen LogP contribution < -0.4 is 4.74 Å². The van der Waals surface area contributed by atoms with E-state index in [0.29, 0.717) is 6.42 Å². The molecule has 0 aliphatic heterocycles. The van der Waals surface area contributed by atoms with Gasteiger partial charge < -0.3 is 4.74 Å². The van der Waals surface area contributed by atoms with Crippen LogP contribution in [0.1, 0.15) is 61.5 Å². The second kappa shape index (κ2) is 12.7. The maximum atomic E-state index is 12.1. The number of ether oxygens (including phenoxy) is 1. The second-order valence-electron chi connectivity index (χ2n) is 6.07. The molecule has 3 nitrogen and oxygen atoms in total. The number of hydrogen-bond donors (Lipinski definition) is 0. The molecule has 2 aromatic rings. The molecule has 1 aromatic carbocycles. The molecule has 0 aliphatic carbocycles. The normalized spacial score (nSPS) is 10.1. The van der Waals surface area contributed by atoms with Gasteiger partial charge in [0, 0.05) is 28.3 Å². The van der Waals surface area contributed by atoms with Gasteiger partial charge in [0.15, 0.2) is 5.78 Å². The fourth-order valence-electron chi connectivity index (χ4n) is 2.56. The molecule has 1 radical (unpaired) electrons. The van der Waals surface area contributed by atoms with Crippen LogP contribution in [0.2, 0.25) is 0 Å². The molecule has 0 spiro atoms. The minimum atomic E-state index is 0. The van der Waals surface area contributed by atoms with Gasteiger partial charge in [-0.15, -0.1) is 0 Å². The zero-order valence-electron chi connectivity index (χ0n) is 14.8. The van der Waals surface area contributed by atoms with Crippen molar-refractivity contribution in [3.05, 3.63) is 59.9 Å². The van der Waals surface area contributed by atoms with Crippen LogP contribution in [0.15, 0.2) is 48.7 Å². The SMILES string of the molecule is CCCCCCCCOc1ccc(CC(=O)c2ccccc2)nc1.[Cu]. The van der Waals surface area contributed by atoms with Crippen molar-refractivity contribution in [1.29, 1.82) is 0 Å². The Balaban J connectivity index is 0.00000312. The number of carbonyl (C=O) groups excluding carboxylic acids is 1. The number of carbonyl (C=O) groups is 1.